The molecule has 0 amide bonds. The van der Waals surface area contributed by atoms with Gasteiger partial charge in [-0.2, -0.15) is 4.31 Å². The first kappa shape index (κ1) is 17.9. The van der Waals surface area contributed by atoms with Crippen LogP contribution in [0.1, 0.15) is 18.4 Å². The van der Waals surface area contributed by atoms with Crippen molar-refractivity contribution >= 4 is 10.0 Å². The Labute approximate surface area is 149 Å². The number of hydrogen-bond donors (Lipinski definition) is 0. The van der Waals surface area contributed by atoms with Gasteiger partial charge in [0.15, 0.2) is 0 Å². The highest BCUT2D eigenvalue weighted by molar-refractivity contribution is 7.89. The van der Waals surface area contributed by atoms with Crippen LogP contribution in [0.4, 0.5) is 0 Å². The van der Waals surface area contributed by atoms with Crippen molar-refractivity contribution < 1.29 is 17.9 Å². The zero-order chi connectivity index (χ0) is 17.9. The molecule has 0 aromatic heterocycles. The van der Waals surface area contributed by atoms with E-state index in [4.69, 9.17) is 9.47 Å². The molecule has 2 aromatic carbocycles. The number of nitrogens with zero attached hydrogens (tertiary/aromatic N) is 1. The van der Waals surface area contributed by atoms with E-state index in [-0.39, 0.29) is 4.90 Å². The lowest BCUT2D eigenvalue weighted by molar-refractivity contribution is -0.0507. The Kier molecular flexibility index (Phi) is 5.13. The van der Waals surface area contributed by atoms with E-state index < -0.39 is 15.6 Å². The van der Waals surface area contributed by atoms with Crippen molar-refractivity contribution in [2.45, 2.75) is 23.3 Å². The Balaban J connectivity index is 1.81. The molecule has 6 heteroatoms. The first-order valence-corrected chi connectivity index (χ1v) is 9.71. The van der Waals surface area contributed by atoms with Gasteiger partial charge in [0.05, 0.1) is 17.6 Å². The third-order valence-electron chi connectivity index (χ3n) is 4.90. The average molecular weight is 361 g/mol. The number of piperidine rings is 1. The lowest BCUT2D eigenvalue weighted by atomic mass is 9.85. The van der Waals surface area contributed by atoms with Crippen LogP contribution in [-0.2, 0) is 20.4 Å². The van der Waals surface area contributed by atoms with Crippen LogP contribution < -0.4 is 4.74 Å². The molecule has 0 spiro atoms. The summed E-state index contributed by atoms with van der Waals surface area (Å²) in [6.45, 7) is 0.838. The standard InChI is InChI=1S/C19H23NO4S/c1-23-17-9-6-10-18(15-17)25(21,22)20-13-11-19(24-2,12-14-20)16-7-4-3-5-8-16/h3-10,15H,11-14H2,1-2H3. The molecule has 0 atom stereocenters. The Morgan fingerprint density at radius 2 is 1.64 bits per heavy atom. The molecular weight excluding hydrogens is 338 g/mol. The number of benzene rings is 2. The minimum atomic E-state index is -3.54. The highest BCUT2D eigenvalue weighted by atomic mass is 32.2. The van der Waals surface area contributed by atoms with Crippen molar-refractivity contribution in [1.29, 1.82) is 0 Å². The fourth-order valence-electron chi connectivity index (χ4n) is 3.35. The first-order valence-electron chi connectivity index (χ1n) is 8.27. The normalized spacial score (nSPS) is 18.0. The Morgan fingerprint density at radius 3 is 2.24 bits per heavy atom. The first-order chi connectivity index (χ1) is 12.0. The lowest BCUT2D eigenvalue weighted by Crippen LogP contribution is -2.46. The summed E-state index contributed by atoms with van der Waals surface area (Å²) in [4.78, 5) is 0.261. The van der Waals surface area contributed by atoms with Crippen molar-refractivity contribution in [3.63, 3.8) is 0 Å². The molecular formula is C19H23NO4S. The molecule has 5 nitrogen and oxygen atoms in total. The summed E-state index contributed by atoms with van der Waals surface area (Å²) in [5, 5.41) is 0. The van der Waals surface area contributed by atoms with Gasteiger partial charge in [-0.1, -0.05) is 36.4 Å². The largest absolute Gasteiger partial charge is 0.497 e. The van der Waals surface area contributed by atoms with Gasteiger partial charge in [-0.05, 0) is 30.5 Å². The van der Waals surface area contributed by atoms with Gasteiger partial charge >= 0.3 is 0 Å². The van der Waals surface area contributed by atoms with Crippen molar-refractivity contribution in [2.75, 3.05) is 27.3 Å². The molecule has 0 unspecified atom stereocenters. The maximum Gasteiger partial charge on any atom is 0.243 e. The molecule has 0 N–H and O–H groups in total. The van der Waals surface area contributed by atoms with Gasteiger partial charge in [0.2, 0.25) is 10.0 Å². The van der Waals surface area contributed by atoms with Gasteiger partial charge in [-0.15, -0.1) is 0 Å². The average Bonchev–Trinajstić information content (AvgIpc) is 2.68. The summed E-state index contributed by atoms with van der Waals surface area (Å²) < 4.78 is 38.3. The van der Waals surface area contributed by atoms with Gasteiger partial charge in [-0.3, -0.25) is 0 Å². The minimum absolute atomic E-state index is 0.261. The molecule has 1 saturated heterocycles. The van der Waals surface area contributed by atoms with Crippen LogP contribution in [0.2, 0.25) is 0 Å². The molecule has 1 fully saturated rings. The summed E-state index contributed by atoms with van der Waals surface area (Å²) in [6.07, 6.45) is 1.24. The van der Waals surface area contributed by atoms with E-state index >= 15 is 0 Å². The summed E-state index contributed by atoms with van der Waals surface area (Å²) in [5.74, 6) is 0.536. The molecule has 1 heterocycles. The highest BCUT2D eigenvalue weighted by Crippen LogP contribution is 2.37. The van der Waals surface area contributed by atoms with Crippen molar-refractivity contribution in [3.8, 4) is 5.75 Å². The van der Waals surface area contributed by atoms with Crippen molar-refractivity contribution in [2.24, 2.45) is 0 Å². The van der Waals surface area contributed by atoms with Gasteiger partial charge in [0, 0.05) is 26.3 Å². The summed E-state index contributed by atoms with van der Waals surface area (Å²) >= 11 is 0. The second kappa shape index (κ2) is 7.15. The maximum atomic E-state index is 12.9. The molecule has 0 saturated carbocycles. The molecule has 2 aromatic rings. The second-order valence-corrected chi connectivity index (χ2v) is 8.09. The van der Waals surface area contributed by atoms with Crippen molar-refractivity contribution in [1.82, 2.24) is 4.31 Å². The number of hydrogen-bond acceptors (Lipinski definition) is 4. The predicted octanol–water partition coefficient (Wildman–Crippen LogP) is 3.02. The number of rotatable bonds is 5. The number of ether oxygens (including phenoxy) is 2. The van der Waals surface area contributed by atoms with Gasteiger partial charge in [0.1, 0.15) is 5.75 Å². The van der Waals surface area contributed by atoms with Gasteiger partial charge < -0.3 is 9.47 Å². The van der Waals surface area contributed by atoms with E-state index in [2.05, 4.69) is 0 Å². The molecule has 1 aliphatic heterocycles. The molecule has 0 aliphatic carbocycles. The molecule has 3 rings (SSSR count). The fourth-order valence-corrected chi connectivity index (χ4v) is 4.83. The second-order valence-electron chi connectivity index (χ2n) is 6.15. The maximum absolute atomic E-state index is 12.9. The predicted molar refractivity (Wildman–Crippen MR) is 96.1 cm³/mol. The Hall–Kier alpha value is -1.89. The molecule has 0 radical (unpaired) electrons. The van der Waals surface area contributed by atoms with E-state index in [1.165, 1.54) is 11.4 Å². The van der Waals surface area contributed by atoms with Crippen LogP contribution in [0.25, 0.3) is 0 Å². The highest BCUT2D eigenvalue weighted by Gasteiger charge is 2.39. The SMILES string of the molecule is COc1cccc(S(=O)(=O)N2CCC(OC)(c3ccccc3)CC2)c1. The molecule has 25 heavy (non-hydrogen) atoms. The Bertz CT molecular complexity index is 812. The quantitative estimate of drug-likeness (QED) is 0.821. The monoisotopic (exact) mass is 361 g/mol. The lowest BCUT2D eigenvalue weighted by Gasteiger charge is -2.40. The summed E-state index contributed by atoms with van der Waals surface area (Å²) in [7, 11) is -0.317. The smallest absolute Gasteiger partial charge is 0.243 e. The Morgan fingerprint density at radius 1 is 0.960 bits per heavy atom. The van der Waals surface area contributed by atoms with Crippen LogP contribution in [0, 0.1) is 0 Å². The van der Waals surface area contributed by atoms with E-state index in [1.54, 1.807) is 31.4 Å². The van der Waals surface area contributed by atoms with E-state index in [9.17, 15) is 8.42 Å². The zero-order valence-electron chi connectivity index (χ0n) is 14.5. The topological polar surface area (TPSA) is 55.8 Å². The van der Waals surface area contributed by atoms with Gasteiger partial charge in [-0.25, -0.2) is 8.42 Å². The van der Waals surface area contributed by atoms with Crippen LogP contribution >= 0.6 is 0 Å². The van der Waals surface area contributed by atoms with Crippen LogP contribution in [0.5, 0.6) is 5.75 Å². The van der Waals surface area contributed by atoms with E-state index in [0.29, 0.717) is 31.7 Å². The van der Waals surface area contributed by atoms with Crippen molar-refractivity contribution in [3.05, 3.63) is 60.2 Å². The van der Waals surface area contributed by atoms with E-state index in [0.717, 1.165) is 5.56 Å². The summed E-state index contributed by atoms with van der Waals surface area (Å²) in [5.41, 5.74) is 0.665. The van der Waals surface area contributed by atoms with E-state index in [1.807, 2.05) is 30.3 Å². The van der Waals surface area contributed by atoms with Crippen LogP contribution in [0.15, 0.2) is 59.5 Å². The molecule has 1 aliphatic rings. The third-order valence-corrected chi connectivity index (χ3v) is 6.79. The molecule has 0 bridgehead atoms. The van der Waals surface area contributed by atoms with Crippen LogP contribution in [-0.4, -0.2) is 40.0 Å². The molecule has 134 valence electrons. The number of sulfonamides is 1. The minimum Gasteiger partial charge on any atom is -0.497 e. The van der Waals surface area contributed by atoms with Gasteiger partial charge in [0.25, 0.3) is 0 Å². The fraction of sp³-hybridized carbons (Fsp3) is 0.368. The van der Waals surface area contributed by atoms with Crippen LogP contribution in [0.3, 0.4) is 0 Å². The number of methoxy groups -OCH3 is 2. The third kappa shape index (κ3) is 3.42. The summed E-state index contributed by atoms with van der Waals surface area (Å²) in [6, 6.07) is 16.6. The zero-order valence-corrected chi connectivity index (χ0v) is 15.3.